The standard InChI is InChI=1S/C21H34N2O2/c1-6-23(17(4)15-18-7-9-20(25-5)10-8-18)21(24)19-11-13-22(14-12-19)16(2)3/h7-10,16-17,19H,6,11-15H2,1-5H3. The maximum absolute atomic E-state index is 13.0. The number of carbonyl (C=O) groups excluding carboxylic acids is 1. The number of hydrogen-bond donors (Lipinski definition) is 0. The molecule has 0 N–H and O–H groups in total. The Morgan fingerprint density at radius 1 is 1.20 bits per heavy atom. The van der Waals surface area contributed by atoms with Crippen LogP contribution in [0, 0.1) is 5.92 Å². The number of piperidine rings is 1. The van der Waals surface area contributed by atoms with E-state index in [1.807, 2.05) is 12.1 Å². The van der Waals surface area contributed by atoms with Crippen molar-refractivity contribution in [3.05, 3.63) is 29.8 Å². The minimum atomic E-state index is 0.188. The normalized spacial score (nSPS) is 17.5. The minimum absolute atomic E-state index is 0.188. The lowest BCUT2D eigenvalue weighted by molar-refractivity contribution is -0.139. The largest absolute Gasteiger partial charge is 0.497 e. The summed E-state index contributed by atoms with van der Waals surface area (Å²) in [6.45, 7) is 11.6. The van der Waals surface area contributed by atoms with Gasteiger partial charge in [0.1, 0.15) is 5.75 Å². The van der Waals surface area contributed by atoms with Crippen LogP contribution >= 0.6 is 0 Å². The number of hydrogen-bond acceptors (Lipinski definition) is 3. The van der Waals surface area contributed by atoms with Crippen LogP contribution in [0.1, 0.15) is 46.1 Å². The van der Waals surface area contributed by atoms with E-state index in [4.69, 9.17) is 4.74 Å². The molecule has 1 unspecified atom stereocenters. The Kier molecular flexibility index (Phi) is 7.30. The summed E-state index contributed by atoms with van der Waals surface area (Å²) in [5.41, 5.74) is 1.24. The molecular formula is C21H34N2O2. The van der Waals surface area contributed by atoms with Gasteiger partial charge >= 0.3 is 0 Å². The molecule has 140 valence electrons. The van der Waals surface area contributed by atoms with Crippen LogP contribution in [-0.4, -0.2) is 54.5 Å². The quantitative estimate of drug-likeness (QED) is 0.756. The predicted octanol–water partition coefficient (Wildman–Crippen LogP) is 3.60. The Bertz CT molecular complexity index is 533. The number of nitrogens with zero attached hydrogens (tertiary/aromatic N) is 2. The van der Waals surface area contributed by atoms with Gasteiger partial charge in [0.15, 0.2) is 0 Å². The lowest BCUT2D eigenvalue weighted by atomic mass is 9.93. The highest BCUT2D eigenvalue weighted by atomic mass is 16.5. The molecule has 0 aliphatic carbocycles. The molecule has 2 rings (SSSR count). The molecular weight excluding hydrogens is 312 g/mol. The molecule has 25 heavy (non-hydrogen) atoms. The van der Waals surface area contributed by atoms with Crippen LogP contribution in [0.3, 0.4) is 0 Å². The van der Waals surface area contributed by atoms with Gasteiger partial charge < -0.3 is 14.5 Å². The Hall–Kier alpha value is -1.55. The number of carbonyl (C=O) groups is 1. The highest BCUT2D eigenvalue weighted by Gasteiger charge is 2.30. The molecule has 1 atom stereocenters. The molecule has 1 heterocycles. The molecule has 0 bridgehead atoms. The number of likely N-dealkylation sites (tertiary alicyclic amines) is 1. The molecule has 0 spiro atoms. The highest BCUT2D eigenvalue weighted by molar-refractivity contribution is 5.79. The molecule has 0 radical (unpaired) electrons. The van der Waals surface area contributed by atoms with Gasteiger partial charge in [0.25, 0.3) is 0 Å². The van der Waals surface area contributed by atoms with Gasteiger partial charge in [-0.3, -0.25) is 4.79 Å². The van der Waals surface area contributed by atoms with Gasteiger partial charge in [-0.05, 0) is 77.7 Å². The van der Waals surface area contributed by atoms with Crippen LogP contribution in [0.2, 0.25) is 0 Å². The molecule has 4 heteroatoms. The maximum atomic E-state index is 13.0. The van der Waals surface area contributed by atoms with Gasteiger partial charge in [-0.2, -0.15) is 0 Å². The number of amides is 1. The monoisotopic (exact) mass is 346 g/mol. The van der Waals surface area contributed by atoms with Crippen molar-refractivity contribution in [3.8, 4) is 5.75 Å². The molecule has 1 aliphatic rings. The van der Waals surface area contributed by atoms with Gasteiger partial charge in [0.05, 0.1) is 7.11 Å². The summed E-state index contributed by atoms with van der Waals surface area (Å²) < 4.78 is 5.22. The molecule has 4 nitrogen and oxygen atoms in total. The molecule has 1 fully saturated rings. The average molecular weight is 347 g/mol. The second-order valence-electron chi connectivity index (χ2n) is 7.43. The van der Waals surface area contributed by atoms with E-state index in [1.165, 1.54) is 5.56 Å². The summed E-state index contributed by atoms with van der Waals surface area (Å²) in [6.07, 6.45) is 2.86. The van der Waals surface area contributed by atoms with Crippen LogP contribution in [0.5, 0.6) is 5.75 Å². The Morgan fingerprint density at radius 3 is 2.28 bits per heavy atom. The van der Waals surface area contributed by atoms with Gasteiger partial charge in [0, 0.05) is 24.5 Å². The lowest BCUT2D eigenvalue weighted by Gasteiger charge is -2.37. The molecule has 1 aromatic rings. The molecule has 0 aromatic heterocycles. The maximum Gasteiger partial charge on any atom is 0.226 e. The molecule has 1 aliphatic heterocycles. The Balaban J connectivity index is 1.94. The SMILES string of the molecule is CCN(C(=O)C1CCN(C(C)C)CC1)C(C)Cc1ccc(OC)cc1. The van der Waals surface area contributed by atoms with E-state index in [1.54, 1.807) is 7.11 Å². The van der Waals surface area contributed by atoms with Crippen LogP contribution in [0.15, 0.2) is 24.3 Å². The summed E-state index contributed by atoms with van der Waals surface area (Å²) >= 11 is 0. The van der Waals surface area contributed by atoms with Gasteiger partial charge in [0.2, 0.25) is 5.91 Å². The summed E-state index contributed by atoms with van der Waals surface area (Å²) in [4.78, 5) is 17.6. The van der Waals surface area contributed by atoms with Crippen LogP contribution in [0.4, 0.5) is 0 Å². The summed E-state index contributed by atoms with van der Waals surface area (Å²) in [7, 11) is 1.68. The van der Waals surface area contributed by atoms with Crippen molar-refractivity contribution in [1.29, 1.82) is 0 Å². The predicted molar refractivity (Wildman–Crippen MR) is 103 cm³/mol. The van der Waals surface area contributed by atoms with Gasteiger partial charge in [-0.25, -0.2) is 0 Å². The molecule has 0 saturated carbocycles. The smallest absolute Gasteiger partial charge is 0.226 e. The third-order valence-corrected chi connectivity index (χ3v) is 5.46. The average Bonchev–Trinajstić information content (AvgIpc) is 2.63. The lowest BCUT2D eigenvalue weighted by Crippen LogP contribution is -2.47. The zero-order valence-corrected chi connectivity index (χ0v) is 16.5. The van der Waals surface area contributed by atoms with E-state index < -0.39 is 0 Å². The zero-order valence-electron chi connectivity index (χ0n) is 16.5. The van der Waals surface area contributed by atoms with Crippen molar-refractivity contribution in [3.63, 3.8) is 0 Å². The van der Waals surface area contributed by atoms with Gasteiger partial charge in [-0.1, -0.05) is 12.1 Å². The first-order valence-corrected chi connectivity index (χ1v) is 9.63. The third-order valence-electron chi connectivity index (χ3n) is 5.46. The third kappa shape index (κ3) is 5.21. The van der Waals surface area contributed by atoms with Crippen molar-refractivity contribution in [2.45, 2.75) is 59.0 Å². The first-order valence-electron chi connectivity index (χ1n) is 9.63. The minimum Gasteiger partial charge on any atom is -0.497 e. The number of benzene rings is 1. The number of methoxy groups -OCH3 is 1. The van der Waals surface area contributed by atoms with E-state index in [-0.39, 0.29) is 12.0 Å². The highest BCUT2D eigenvalue weighted by Crippen LogP contribution is 2.23. The van der Waals surface area contributed by atoms with E-state index >= 15 is 0 Å². The van der Waals surface area contributed by atoms with Crippen molar-refractivity contribution < 1.29 is 9.53 Å². The van der Waals surface area contributed by atoms with Crippen LogP contribution in [0.25, 0.3) is 0 Å². The van der Waals surface area contributed by atoms with E-state index in [9.17, 15) is 4.79 Å². The second kappa shape index (κ2) is 9.23. The summed E-state index contributed by atoms with van der Waals surface area (Å²) in [5, 5.41) is 0. The molecule has 1 amide bonds. The van der Waals surface area contributed by atoms with Crippen molar-refractivity contribution >= 4 is 5.91 Å². The molecule has 1 saturated heterocycles. The van der Waals surface area contributed by atoms with Crippen molar-refractivity contribution in [2.24, 2.45) is 5.92 Å². The number of ether oxygens (including phenoxy) is 1. The first-order chi connectivity index (χ1) is 12.0. The van der Waals surface area contributed by atoms with E-state index in [2.05, 4.69) is 49.6 Å². The fraction of sp³-hybridized carbons (Fsp3) is 0.667. The van der Waals surface area contributed by atoms with Gasteiger partial charge in [-0.15, -0.1) is 0 Å². The number of rotatable bonds is 7. The fourth-order valence-electron chi connectivity index (χ4n) is 3.79. The van der Waals surface area contributed by atoms with Crippen molar-refractivity contribution in [2.75, 3.05) is 26.7 Å². The summed E-state index contributed by atoms with van der Waals surface area (Å²) in [6, 6.07) is 8.95. The Labute approximate surface area is 153 Å². The first kappa shape index (κ1) is 19.8. The Morgan fingerprint density at radius 2 is 1.80 bits per heavy atom. The van der Waals surface area contributed by atoms with E-state index in [0.717, 1.165) is 44.6 Å². The van der Waals surface area contributed by atoms with E-state index in [0.29, 0.717) is 11.9 Å². The topological polar surface area (TPSA) is 32.8 Å². The van der Waals surface area contributed by atoms with Crippen LogP contribution < -0.4 is 4.74 Å². The summed E-state index contributed by atoms with van der Waals surface area (Å²) in [5.74, 6) is 1.40. The fourth-order valence-corrected chi connectivity index (χ4v) is 3.79. The molecule has 1 aromatic carbocycles. The van der Waals surface area contributed by atoms with Crippen LogP contribution in [-0.2, 0) is 11.2 Å². The van der Waals surface area contributed by atoms with Crippen molar-refractivity contribution in [1.82, 2.24) is 9.80 Å². The second-order valence-corrected chi connectivity index (χ2v) is 7.43. The zero-order chi connectivity index (χ0) is 18.4. The number of likely N-dealkylation sites (N-methyl/N-ethyl adjacent to an activating group) is 1.